The van der Waals surface area contributed by atoms with Crippen molar-refractivity contribution in [3.63, 3.8) is 0 Å². The van der Waals surface area contributed by atoms with Gasteiger partial charge in [-0.1, -0.05) is 51.1 Å². The molecule has 1 aromatic heterocycles. The zero-order valence-corrected chi connectivity index (χ0v) is 19.4. The third-order valence-corrected chi connectivity index (χ3v) is 6.16. The first-order valence-corrected chi connectivity index (χ1v) is 11.3. The highest BCUT2D eigenvalue weighted by Crippen LogP contribution is 2.27. The minimum Gasteiger partial charge on any atom is -0.378 e. The van der Waals surface area contributed by atoms with Gasteiger partial charge in [0.2, 0.25) is 5.91 Å². The minimum absolute atomic E-state index is 0.0670. The van der Waals surface area contributed by atoms with Crippen LogP contribution in [0, 0.1) is 5.41 Å². The number of fused-ring (bicyclic) bond motifs is 1. The number of nitrogens with zero attached hydrogens (tertiary/aromatic N) is 4. The minimum atomic E-state index is -0.646. The van der Waals surface area contributed by atoms with Crippen molar-refractivity contribution in [2.24, 2.45) is 5.41 Å². The fourth-order valence-corrected chi connectivity index (χ4v) is 4.30. The topological polar surface area (TPSA) is 79.7 Å². The van der Waals surface area contributed by atoms with Crippen molar-refractivity contribution in [1.82, 2.24) is 24.7 Å². The molecule has 8 heteroatoms. The number of hydrogen-bond acceptors (Lipinski definition) is 5. The molecule has 2 aliphatic rings. The molecular weight excluding hydrogens is 406 g/mol. The summed E-state index contributed by atoms with van der Waals surface area (Å²) in [6, 6.07) is 9.29. The summed E-state index contributed by atoms with van der Waals surface area (Å²) in [5.41, 5.74) is 1.83. The summed E-state index contributed by atoms with van der Waals surface area (Å²) in [5, 5.41) is 3.03. The Morgan fingerprint density at radius 3 is 2.41 bits per heavy atom. The van der Waals surface area contributed by atoms with E-state index in [9.17, 15) is 9.59 Å². The predicted molar refractivity (Wildman–Crippen MR) is 122 cm³/mol. The van der Waals surface area contributed by atoms with Crippen LogP contribution in [0.5, 0.6) is 0 Å². The van der Waals surface area contributed by atoms with Crippen molar-refractivity contribution < 1.29 is 14.3 Å². The van der Waals surface area contributed by atoms with Gasteiger partial charge in [-0.05, 0) is 12.5 Å². The molecule has 2 aliphatic heterocycles. The first kappa shape index (κ1) is 22.5. The molecule has 2 amide bonds. The van der Waals surface area contributed by atoms with Gasteiger partial charge in [-0.25, -0.2) is 4.98 Å². The molecule has 1 saturated heterocycles. The van der Waals surface area contributed by atoms with Gasteiger partial charge in [0.1, 0.15) is 11.9 Å². The number of aromatic nitrogens is 2. The van der Waals surface area contributed by atoms with Gasteiger partial charge in [-0.15, -0.1) is 0 Å². The first-order chi connectivity index (χ1) is 15.3. The summed E-state index contributed by atoms with van der Waals surface area (Å²) in [6.45, 7) is 10.4. The summed E-state index contributed by atoms with van der Waals surface area (Å²) in [7, 11) is 2.04. The zero-order valence-electron chi connectivity index (χ0n) is 19.4. The largest absolute Gasteiger partial charge is 0.378 e. The number of ether oxygens (including phenoxy) is 1. The number of carbonyl (C=O) groups is 2. The third kappa shape index (κ3) is 4.56. The molecule has 8 nitrogen and oxygen atoms in total. The van der Waals surface area contributed by atoms with Gasteiger partial charge in [-0.3, -0.25) is 14.5 Å². The van der Waals surface area contributed by atoms with E-state index in [-0.39, 0.29) is 11.8 Å². The molecule has 1 fully saturated rings. The Morgan fingerprint density at radius 1 is 1.06 bits per heavy atom. The Hall–Kier alpha value is -2.71. The van der Waals surface area contributed by atoms with E-state index in [1.54, 1.807) is 4.90 Å². The fourth-order valence-electron chi connectivity index (χ4n) is 4.30. The summed E-state index contributed by atoms with van der Waals surface area (Å²) < 4.78 is 7.52. The fraction of sp³-hybridized carbons (Fsp3) is 0.542. The molecule has 0 saturated carbocycles. The third-order valence-electron chi connectivity index (χ3n) is 6.16. The zero-order chi connectivity index (χ0) is 22.9. The molecule has 4 rings (SSSR count). The number of benzene rings is 1. The van der Waals surface area contributed by atoms with Crippen molar-refractivity contribution in [3.05, 3.63) is 41.7 Å². The number of morpholine rings is 1. The second kappa shape index (κ2) is 9.03. The van der Waals surface area contributed by atoms with E-state index < -0.39 is 11.5 Å². The molecule has 32 heavy (non-hydrogen) atoms. The average Bonchev–Trinajstić information content (AvgIpc) is 3.16. The van der Waals surface area contributed by atoms with Gasteiger partial charge >= 0.3 is 0 Å². The van der Waals surface area contributed by atoms with Crippen LogP contribution in [0.25, 0.3) is 11.4 Å². The monoisotopic (exact) mass is 439 g/mol. The molecule has 0 aliphatic carbocycles. The Balaban J connectivity index is 1.65. The lowest BCUT2D eigenvalue weighted by atomic mass is 9.85. The molecule has 0 unspecified atom stereocenters. The summed E-state index contributed by atoms with van der Waals surface area (Å²) in [6.07, 6.45) is 0. The van der Waals surface area contributed by atoms with Crippen LogP contribution in [-0.4, -0.2) is 77.1 Å². The lowest BCUT2D eigenvalue weighted by molar-refractivity contribution is -0.139. The van der Waals surface area contributed by atoms with E-state index in [1.165, 1.54) is 0 Å². The Bertz CT molecular complexity index is 974. The Morgan fingerprint density at radius 2 is 1.75 bits per heavy atom. The van der Waals surface area contributed by atoms with Gasteiger partial charge in [0.25, 0.3) is 5.91 Å². The van der Waals surface area contributed by atoms with Crippen molar-refractivity contribution in [2.75, 3.05) is 39.9 Å². The summed E-state index contributed by atoms with van der Waals surface area (Å²) >= 11 is 0. The molecule has 0 bridgehead atoms. The summed E-state index contributed by atoms with van der Waals surface area (Å²) in [4.78, 5) is 35.6. The second-order valence-electron chi connectivity index (χ2n) is 9.70. The van der Waals surface area contributed by atoms with Crippen molar-refractivity contribution in [2.45, 2.75) is 39.9 Å². The number of likely N-dealkylation sites (N-methyl/N-ethyl adjacent to an activating group) is 1. The van der Waals surface area contributed by atoms with E-state index in [2.05, 4.69) is 14.8 Å². The van der Waals surface area contributed by atoms with Crippen LogP contribution in [0.2, 0.25) is 0 Å². The maximum absolute atomic E-state index is 13.5. The number of nitrogens with one attached hydrogen (secondary N) is 1. The maximum atomic E-state index is 13.5. The van der Waals surface area contributed by atoms with Gasteiger partial charge < -0.3 is 19.5 Å². The Kier molecular flexibility index (Phi) is 6.35. The lowest BCUT2D eigenvalue weighted by Gasteiger charge is -2.36. The lowest BCUT2D eigenvalue weighted by Crippen LogP contribution is -2.56. The van der Waals surface area contributed by atoms with Gasteiger partial charge in [0.15, 0.2) is 5.69 Å². The number of amides is 2. The van der Waals surface area contributed by atoms with E-state index in [1.807, 2.05) is 58.2 Å². The van der Waals surface area contributed by atoms with Gasteiger partial charge in [0.05, 0.1) is 18.9 Å². The second-order valence-corrected chi connectivity index (χ2v) is 9.70. The van der Waals surface area contributed by atoms with Crippen molar-refractivity contribution >= 4 is 11.8 Å². The van der Waals surface area contributed by atoms with Crippen molar-refractivity contribution in [1.29, 1.82) is 0 Å². The highest BCUT2D eigenvalue weighted by molar-refractivity contribution is 5.98. The molecule has 0 spiro atoms. The standard InChI is InChI=1S/C24H33N5O3/c1-24(2,3)20(23(31)28-12-14-32-15-13-28)26-22(30)19-18-16-27(4)10-11-29(18)21(25-19)17-8-6-5-7-9-17/h5-9,20H,10-16H2,1-4H3,(H,26,30)/t20-/m1/s1. The normalized spacial score (nSPS) is 18.2. The van der Waals surface area contributed by atoms with Crippen LogP contribution in [0.1, 0.15) is 37.0 Å². The SMILES string of the molecule is CN1CCn2c(-c3ccccc3)nc(C(=O)N[C@H](C(=O)N3CCOCC3)C(C)(C)C)c2C1. The molecule has 3 heterocycles. The van der Waals surface area contributed by atoms with Gasteiger partial charge in [-0.2, -0.15) is 0 Å². The molecule has 1 atom stereocenters. The molecular formula is C24H33N5O3. The Labute approximate surface area is 189 Å². The first-order valence-electron chi connectivity index (χ1n) is 11.3. The van der Waals surface area contributed by atoms with Crippen LogP contribution in [-0.2, 0) is 22.6 Å². The smallest absolute Gasteiger partial charge is 0.272 e. The van der Waals surface area contributed by atoms with Gasteiger partial charge in [0, 0.05) is 38.3 Å². The van der Waals surface area contributed by atoms with E-state index in [4.69, 9.17) is 9.72 Å². The maximum Gasteiger partial charge on any atom is 0.272 e. The molecule has 0 radical (unpaired) electrons. The molecule has 172 valence electrons. The number of rotatable bonds is 4. The van der Waals surface area contributed by atoms with E-state index >= 15 is 0 Å². The van der Waals surface area contributed by atoms with Crippen molar-refractivity contribution in [3.8, 4) is 11.4 Å². The molecule has 2 aromatic rings. The van der Waals surface area contributed by atoms with Crippen LogP contribution in [0.4, 0.5) is 0 Å². The number of hydrogen-bond donors (Lipinski definition) is 1. The van der Waals surface area contributed by atoms with Crippen LogP contribution in [0.3, 0.4) is 0 Å². The number of imidazole rings is 1. The van der Waals surface area contributed by atoms with Crippen LogP contribution >= 0.6 is 0 Å². The van der Waals surface area contributed by atoms with E-state index in [0.717, 1.165) is 30.2 Å². The van der Waals surface area contributed by atoms with Crippen LogP contribution in [0.15, 0.2) is 30.3 Å². The highest BCUT2D eigenvalue weighted by Gasteiger charge is 2.38. The summed E-state index contributed by atoms with van der Waals surface area (Å²) in [5.74, 6) is 0.432. The molecule has 1 aromatic carbocycles. The average molecular weight is 440 g/mol. The quantitative estimate of drug-likeness (QED) is 0.788. The van der Waals surface area contributed by atoms with Crippen LogP contribution < -0.4 is 5.32 Å². The number of carbonyl (C=O) groups excluding carboxylic acids is 2. The predicted octanol–water partition coefficient (Wildman–Crippen LogP) is 2.00. The highest BCUT2D eigenvalue weighted by atomic mass is 16.5. The molecule has 1 N–H and O–H groups in total. The van der Waals surface area contributed by atoms with E-state index in [0.29, 0.717) is 38.5 Å².